The molecule has 0 spiro atoms. The van der Waals surface area contributed by atoms with Gasteiger partial charge in [0.25, 0.3) is 0 Å². The summed E-state index contributed by atoms with van der Waals surface area (Å²) in [6, 6.07) is 0. The second-order valence-corrected chi connectivity index (χ2v) is 2.66. The fourth-order valence-corrected chi connectivity index (χ4v) is 0.925. The zero-order valence-electron chi connectivity index (χ0n) is 7.11. The highest BCUT2D eigenvalue weighted by Gasteiger charge is 2.36. The van der Waals surface area contributed by atoms with Crippen LogP contribution in [0.25, 0.3) is 0 Å². The number of carbonyl (C=O) groups is 1. The molecule has 0 aromatic heterocycles. The van der Waals surface area contributed by atoms with Gasteiger partial charge >= 0.3 is 5.97 Å². The van der Waals surface area contributed by atoms with Crippen LogP contribution in [0.1, 0.15) is 6.92 Å². The number of esters is 1. The fraction of sp³-hybridized carbons (Fsp3) is 0.625. The molecule has 1 aliphatic heterocycles. The molecule has 4 heteroatoms. The van der Waals surface area contributed by atoms with Crippen LogP contribution >= 0.6 is 0 Å². The minimum atomic E-state index is -0.359. The first-order valence-electron chi connectivity index (χ1n) is 3.72. The van der Waals surface area contributed by atoms with Gasteiger partial charge in [-0.1, -0.05) is 0 Å². The second-order valence-electron chi connectivity index (χ2n) is 2.66. The average Bonchev–Trinajstić information content (AvgIpc) is 2.81. The number of hydrogen-bond donors (Lipinski definition) is 1. The average molecular weight is 172 g/mol. The topological polar surface area (TPSA) is 59.1 Å². The summed E-state index contributed by atoms with van der Waals surface area (Å²) in [5, 5.41) is 8.61. The molecule has 1 rings (SSSR count). The van der Waals surface area contributed by atoms with Crippen molar-refractivity contribution in [2.45, 2.75) is 19.1 Å². The van der Waals surface area contributed by atoms with Crippen molar-refractivity contribution in [3.05, 3.63) is 11.6 Å². The molecule has 4 nitrogen and oxygen atoms in total. The lowest BCUT2D eigenvalue weighted by Gasteiger charge is -1.95. The zero-order valence-corrected chi connectivity index (χ0v) is 7.11. The third-order valence-corrected chi connectivity index (χ3v) is 1.72. The van der Waals surface area contributed by atoms with Crippen LogP contribution in [-0.4, -0.2) is 37.0 Å². The van der Waals surface area contributed by atoms with Crippen molar-refractivity contribution in [3.63, 3.8) is 0 Å². The second kappa shape index (κ2) is 3.69. The smallest absolute Gasteiger partial charge is 0.333 e. The predicted molar refractivity (Wildman–Crippen MR) is 41.5 cm³/mol. The Kier molecular flexibility index (Phi) is 2.83. The molecule has 0 bridgehead atoms. The molecule has 2 atom stereocenters. The third-order valence-electron chi connectivity index (χ3n) is 1.72. The van der Waals surface area contributed by atoms with E-state index in [1.807, 2.05) is 0 Å². The number of epoxide rings is 1. The van der Waals surface area contributed by atoms with Gasteiger partial charge < -0.3 is 14.6 Å². The van der Waals surface area contributed by atoms with Crippen LogP contribution < -0.4 is 0 Å². The quantitative estimate of drug-likeness (QED) is 0.366. The number of carbonyl (C=O) groups excluding carboxylic acids is 1. The van der Waals surface area contributed by atoms with Crippen molar-refractivity contribution in [1.82, 2.24) is 0 Å². The molecule has 0 aromatic rings. The number of aliphatic hydroxyl groups excluding tert-OH is 1. The molecular formula is C8H12O4. The Morgan fingerprint density at radius 1 is 1.75 bits per heavy atom. The number of aliphatic hydroxyl groups is 1. The predicted octanol–water partition coefficient (Wildman–Crippen LogP) is -0.135. The van der Waals surface area contributed by atoms with E-state index in [1.54, 1.807) is 13.0 Å². The van der Waals surface area contributed by atoms with Crippen LogP contribution in [0.15, 0.2) is 11.6 Å². The van der Waals surface area contributed by atoms with Crippen LogP contribution in [-0.2, 0) is 14.3 Å². The van der Waals surface area contributed by atoms with Crippen LogP contribution in [0.2, 0.25) is 0 Å². The van der Waals surface area contributed by atoms with E-state index in [2.05, 4.69) is 4.74 Å². The molecule has 1 saturated heterocycles. The van der Waals surface area contributed by atoms with Gasteiger partial charge in [-0.2, -0.15) is 0 Å². The highest BCUT2D eigenvalue weighted by molar-refractivity contribution is 5.87. The van der Waals surface area contributed by atoms with Crippen molar-refractivity contribution in [2.75, 3.05) is 13.7 Å². The Labute approximate surface area is 70.8 Å². The summed E-state index contributed by atoms with van der Waals surface area (Å²) in [7, 11) is 1.33. The Morgan fingerprint density at radius 2 is 2.42 bits per heavy atom. The van der Waals surface area contributed by atoms with Gasteiger partial charge in [-0.05, 0) is 13.0 Å². The van der Waals surface area contributed by atoms with Gasteiger partial charge in [0.15, 0.2) is 0 Å². The molecule has 0 aliphatic carbocycles. The standard InChI is InChI=1S/C8H12O4/c1-5(8(10)11-2)3-6-7(4-9)12-6/h3,6-7,9H,4H2,1-2H3. The summed E-state index contributed by atoms with van der Waals surface area (Å²) in [5.41, 5.74) is 0.512. The Bertz CT molecular complexity index is 209. The Morgan fingerprint density at radius 3 is 2.83 bits per heavy atom. The van der Waals surface area contributed by atoms with E-state index in [1.165, 1.54) is 7.11 Å². The summed E-state index contributed by atoms with van der Waals surface area (Å²) in [4.78, 5) is 10.9. The van der Waals surface area contributed by atoms with E-state index in [0.717, 1.165) is 0 Å². The molecule has 0 aromatic carbocycles. The molecule has 1 N–H and O–H groups in total. The van der Waals surface area contributed by atoms with E-state index >= 15 is 0 Å². The van der Waals surface area contributed by atoms with Crippen LogP contribution in [0.3, 0.4) is 0 Å². The van der Waals surface area contributed by atoms with Crippen molar-refractivity contribution in [1.29, 1.82) is 0 Å². The number of methoxy groups -OCH3 is 1. The van der Waals surface area contributed by atoms with Crippen molar-refractivity contribution in [2.24, 2.45) is 0 Å². The SMILES string of the molecule is COC(=O)C(C)=CC1OC1CO. The minimum Gasteiger partial charge on any atom is -0.466 e. The molecule has 1 heterocycles. The van der Waals surface area contributed by atoms with Gasteiger partial charge in [0, 0.05) is 5.57 Å². The lowest BCUT2D eigenvalue weighted by molar-refractivity contribution is -0.136. The summed E-state index contributed by atoms with van der Waals surface area (Å²) in [6.45, 7) is 1.65. The maximum Gasteiger partial charge on any atom is 0.333 e. The van der Waals surface area contributed by atoms with Gasteiger partial charge in [0.05, 0.1) is 13.7 Å². The van der Waals surface area contributed by atoms with Gasteiger partial charge in [-0.25, -0.2) is 4.79 Å². The molecule has 0 amide bonds. The normalized spacial score (nSPS) is 28.4. The molecule has 12 heavy (non-hydrogen) atoms. The molecule has 0 saturated carbocycles. The monoisotopic (exact) mass is 172 g/mol. The van der Waals surface area contributed by atoms with Gasteiger partial charge in [0.2, 0.25) is 0 Å². The summed E-state index contributed by atoms with van der Waals surface area (Å²) >= 11 is 0. The largest absolute Gasteiger partial charge is 0.466 e. The van der Waals surface area contributed by atoms with E-state index < -0.39 is 0 Å². The third kappa shape index (κ3) is 2.06. The zero-order chi connectivity index (χ0) is 9.14. The summed E-state index contributed by atoms with van der Waals surface area (Å²) in [5.74, 6) is -0.359. The first kappa shape index (κ1) is 9.22. The number of rotatable bonds is 3. The van der Waals surface area contributed by atoms with Crippen molar-refractivity contribution < 1.29 is 19.4 Å². The highest BCUT2D eigenvalue weighted by Crippen LogP contribution is 2.23. The Hall–Kier alpha value is -0.870. The van der Waals surface area contributed by atoms with Crippen molar-refractivity contribution in [3.8, 4) is 0 Å². The van der Waals surface area contributed by atoms with Crippen molar-refractivity contribution >= 4 is 5.97 Å². The van der Waals surface area contributed by atoms with Crippen LogP contribution in [0, 0.1) is 0 Å². The number of ether oxygens (including phenoxy) is 2. The van der Waals surface area contributed by atoms with E-state index in [9.17, 15) is 4.79 Å². The van der Waals surface area contributed by atoms with Crippen LogP contribution in [0.4, 0.5) is 0 Å². The van der Waals surface area contributed by atoms with Gasteiger partial charge in [-0.3, -0.25) is 0 Å². The molecular weight excluding hydrogens is 160 g/mol. The van der Waals surface area contributed by atoms with Gasteiger partial charge in [0.1, 0.15) is 12.2 Å². The van der Waals surface area contributed by atoms with E-state index in [4.69, 9.17) is 9.84 Å². The maximum atomic E-state index is 10.9. The molecule has 1 fully saturated rings. The highest BCUT2D eigenvalue weighted by atomic mass is 16.6. The van der Waals surface area contributed by atoms with E-state index in [-0.39, 0.29) is 24.8 Å². The van der Waals surface area contributed by atoms with E-state index in [0.29, 0.717) is 5.57 Å². The fourth-order valence-electron chi connectivity index (χ4n) is 0.925. The minimum absolute atomic E-state index is 0.00435. The Balaban J connectivity index is 2.42. The lowest BCUT2D eigenvalue weighted by Crippen LogP contribution is -2.04. The first-order valence-corrected chi connectivity index (χ1v) is 3.72. The molecule has 2 unspecified atom stereocenters. The molecule has 1 aliphatic rings. The summed E-state index contributed by atoms with van der Waals surface area (Å²) < 4.78 is 9.48. The first-order chi connectivity index (χ1) is 5.69. The maximum absolute atomic E-state index is 10.9. The van der Waals surface area contributed by atoms with Gasteiger partial charge in [-0.15, -0.1) is 0 Å². The number of hydrogen-bond acceptors (Lipinski definition) is 4. The molecule has 68 valence electrons. The van der Waals surface area contributed by atoms with Crippen LogP contribution in [0.5, 0.6) is 0 Å². The lowest BCUT2D eigenvalue weighted by atomic mass is 10.2. The molecule has 0 radical (unpaired) electrons. The summed E-state index contributed by atoms with van der Waals surface area (Å²) in [6.07, 6.45) is 1.41.